The molecule has 2 bridgehead atoms. The lowest BCUT2D eigenvalue weighted by Gasteiger charge is -2.45. The fourth-order valence-electron chi connectivity index (χ4n) is 5.17. The number of ether oxygens (including phenoxy) is 2. The summed E-state index contributed by atoms with van der Waals surface area (Å²) < 4.78 is 25.0. The second-order valence-corrected chi connectivity index (χ2v) is 10.3. The first kappa shape index (κ1) is 24.1. The molecule has 1 unspecified atom stereocenters. The molecule has 1 N–H and O–H groups in total. The van der Waals surface area contributed by atoms with Crippen LogP contribution in [0.2, 0.25) is 5.02 Å². The predicted molar refractivity (Wildman–Crippen MR) is 135 cm³/mol. The van der Waals surface area contributed by atoms with Crippen molar-refractivity contribution < 1.29 is 18.7 Å². The molecule has 1 fully saturated rings. The minimum Gasteiger partial charge on any atom is -0.465 e. The van der Waals surface area contributed by atoms with Crippen LogP contribution in [0, 0.1) is 12.7 Å². The van der Waals surface area contributed by atoms with Crippen LogP contribution in [-0.2, 0) is 22.4 Å². The molecule has 6 rings (SSSR count). The smallest absolute Gasteiger partial charge is 0.342 e. The summed E-state index contributed by atoms with van der Waals surface area (Å²) in [7, 11) is 1.31. The van der Waals surface area contributed by atoms with Crippen molar-refractivity contribution in [2.45, 2.75) is 32.0 Å². The lowest BCUT2D eigenvalue weighted by atomic mass is 9.90. The second-order valence-electron chi connectivity index (χ2n) is 8.96. The number of aromatic amines is 1. The molecule has 12 heteroatoms. The van der Waals surface area contributed by atoms with Gasteiger partial charge in [-0.05, 0) is 25.1 Å². The van der Waals surface area contributed by atoms with Gasteiger partial charge in [0.2, 0.25) is 0 Å². The van der Waals surface area contributed by atoms with Gasteiger partial charge >= 0.3 is 5.97 Å². The van der Waals surface area contributed by atoms with E-state index in [-0.39, 0.29) is 28.4 Å². The van der Waals surface area contributed by atoms with Gasteiger partial charge in [0.05, 0.1) is 48.5 Å². The Labute approximate surface area is 220 Å². The van der Waals surface area contributed by atoms with E-state index in [0.29, 0.717) is 41.8 Å². The van der Waals surface area contributed by atoms with E-state index in [9.17, 15) is 9.18 Å². The van der Waals surface area contributed by atoms with E-state index < -0.39 is 11.8 Å². The van der Waals surface area contributed by atoms with Crippen molar-refractivity contribution in [2.75, 3.05) is 20.3 Å². The van der Waals surface area contributed by atoms with E-state index in [1.165, 1.54) is 36.6 Å². The number of hydrogen-bond donors (Lipinski definition) is 1. The standard InChI is InChI=1S/C25H22ClFN6O3S/c1-12-20-17(32-31-12)8-14-10-36-11-19(20)33(14)9-18-21(25(34)35-2)22(15-4-3-13(27)7-16(15)26)30-23(29-18)24-28-5-6-37-24/h3-7,14,19H,8-11H2,1-2H3,(H,31,32)/t14?,19-/m0/s1. The number of esters is 1. The Morgan fingerprint density at radius 2 is 2.22 bits per heavy atom. The van der Waals surface area contributed by atoms with Crippen LogP contribution in [0.5, 0.6) is 0 Å². The topological polar surface area (TPSA) is 106 Å². The summed E-state index contributed by atoms with van der Waals surface area (Å²) in [6, 6.07) is 3.99. The molecule has 0 saturated carbocycles. The highest BCUT2D eigenvalue weighted by Crippen LogP contribution is 2.40. The Morgan fingerprint density at radius 1 is 1.35 bits per heavy atom. The van der Waals surface area contributed by atoms with E-state index in [1.54, 1.807) is 6.20 Å². The number of hydrogen-bond acceptors (Lipinski definition) is 9. The number of methoxy groups -OCH3 is 1. The molecule has 2 atom stereocenters. The molecular weight excluding hydrogens is 519 g/mol. The highest BCUT2D eigenvalue weighted by atomic mass is 35.5. The zero-order valence-electron chi connectivity index (χ0n) is 20.0. The molecule has 1 aromatic carbocycles. The third-order valence-electron chi connectivity index (χ3n) is 6.82. The number of nitrogens with one attached hydrogen (secondary N) is 1. The van der Waals surface area contributed by atoms with Crippen molar-refractivity contribution in [3.05, 3.63) is 68.8 Å². The van der Waals surface area contributed by atoms with Crippen LogP contribution < -0.4 is 0 Å². The van der Waals surface area contributed by atoms with Gasteiger partial charge in [0.1, 0.15) is 11.4 Å². The molecule has 1 saturated heterocycles. The van der Waals surface area contributed by atoms with Crippen LogP contribution in [0.25, 0.3) is 22.1 Å². The maximum absolute atomic E-state index is 13.9. The van der Waals surface area contributed by atoms with Crippen LogP contribution >= 0.6 is 22.9 Å². The fraction of sp³-hybridized carbons (Fsp3) is 0.320. The molecule has 0 aliphatic carbocycles. The number of carbonyl (C=O) groups is 1. The summed E-state index contributed by atoms with van der Waals surface area (Å²) in [5.41, 5.74) is 4.49. The van der Waals surface area contributed by atoms with Gasteiger partial charge in [0.15, 0.2) is 10.8 Å². The van der Waals surface area contributed by atoms with Crippen LogP contribution in [0.4, 0.5) is 4.39 Å². The Morgan fingerprint density at radius 3 is 2.97 bits per heavy atom. The number of thiazole rings is 1. The minimum absolute atomic E-state index is 0.0529. The molecule has 9 nitrogen and oxygen atoms in total. The first-order chi connectivity index (χ1) is 17.9. The van der Waals surface area contributed by atoms with Crippen LogP contribution in [0.1, 0.15) is 39.0 Å². The SMILES string of the molecule is COC(=O)c1c(CN2C3COC[C@H]2c2c(C)n[nH]c2C3)nc(-c2nccs2)nc1-c1ccc(F)cc1Cl. The van der Waals surface area contributed by atoms with Crippen LogP contribution in [0.15, 0.2) is 29.8 Å². The van der Waals surface area contributed by atoms with Gasteiger partial charge in [0.25, 0.3) is 0 Å². The van der Waals surface area contributed by atoms with Crippen molar-refractivity contribution in [1.82, 2.24) is 30.0 Å². The van der Waals surface area contributed by atoms with Gasteiger partial charge in [-0.25, -0.2) is 24.1 Å². The maximum atomic E-state index is 13.9. The number of benzene rings is 1. The Balaban J connectivity index is 1.53. The van der Waals surface area contributed by atoms with E-state index >= 15 is 0 Å². The van der Waals surface area contributed by atoms with Crippen molar-refractivity contribution in [3.8, 4) is 22.1 Å². The largest absolute Gasteiger partial charge is 0.465 e. The molecule has 190 valence electrons. The molecule has 3 aromatic heterocycles. The number of H-pyrrole nitrogens is 1. The molecule has 2 aliphatic rings. The van der Waals surface area contributed by atoms with Crippen molar-refractivity contribution >= 4 is 28.9 Å². The summed E-state index contributed by atoms with van der Waals surface area (Å²) in [6.07, 6.45) is 2.40. The number of halogens is 2. The summed E-state index contributed by atoms with van der Waals surface area (Å²) in [6.45, 7) is 3.35. The predicted octanol–water partition coefficient (Wildman–Crippen LogP) is 4.38. The third-order valence-corrected chi connectivity index (χ3v) is 7.90. The van der Waals surface area contributed by atoms with E-state index in [2.05, 4.69) is 25.1 Å². The molecule has 0 amide bonds. The number of fused-ring (bicyclic) bond motifs is 4. The zero-order chi connectivity index (χ0) is 25.7. The normalized spacial score (nSPS) is 19.0. The van der Waals surface area contributed by atoms with Gasteiger partial charge < -0.3 is 9.47 Å². The lowest BCUT2D eigenvalue weighted by molar-refractivity contribution is -0.0639. The highest BCUT2D eigenvalue weighted by Gasteiger charge is 2.41. The minimum atomic E-state index is -0.602. The maximum Gasteiger partial charge on any atom is 0.342 e. The van der Waals surface area contributed by atoms with Gasteiger partial charge in [0, 0.05) is 47.4 Å². The number of aromatic nitrogens is 5. The summed E-state index contributed by atoms with van der Waals surface area (Å²) in [5.74, 6) is -0.739. The van der Waals surface area contributed by atoms with Gasteiger partial charge in [-0.15, -0.1) is 11.3 Å². The summed E-state index contributed by atoms with van der Waals surface area (Å²) >= 11 is 7.82. The first-order valence-electron chi connectivity index (χ1n) is 11.7. The van der Waals surface area contributed by atoms with Crippen molar-refractivity contribution in [2.24, 2.45) is 0 Å². The number of morpholine rings is 1. The van der Waals surface area contributed by atoms with E-state index in [4.69, 9.17) is 26.1 Å². The average molecular weight is 541 g/mol. The monoisotopic (exact) mass is 540 g/mol. The Bertz CT molecular complexity index is 1490. The Kier molecular flexibility index (Phi) is 6.23. The number of nitrogens with zero attached hydrogens (tertiary/aromatic N) is 5. The molecule has 37 heavy (non-hydrogen) atoms. The van der Waals surface area contributed by atoms with Crippen molar-refractivity contribution in [1.29, 1.82) is 0 Å². The van der Waals surface area contributed by atoms with E-state index in [0.717, 1.165) is 23.4 Å². The first-order valence-corrected chi connectivity index (χ1v) is 12.9. The quantitative estimate of drug-likeness (QED) is 0.372. The van der Waals surface area contributed by atoms with Gasteiger partial charge in [-0.3, -0.25) is 10.00 Å². The average Bonchev–Trinajstić information content (AvgIpc) is 3.54. The van der Waals surface area contributed by atoms with Crippen LogP contribution in [0.3, 0.4) is 0 Å². The van der Waals surface area contributed by atoms with Crippen LogP contribution in [-0.4, -0.2) is 62.4 Å². The molecule has 0 spiro atoms. The molecule has 4 aromatic rings. The number of aryl methyl sites for hydroxylation is 1. The summed E-state index contributed by atoms with van der Waals surface area (Å²) in [5, 5.41) is 10.1. The number of carbonyl (C=O) groups excluding carboxylic acids is 1. The molecule has 5 heterocycles. The number of rotatable bonds is 5. The zero-order valence-corrected chi connectivity index (χ0v) is 21.6. The molecular formula is C25H22ClFN6O3S. The fourth-order valence-corrected chi connectivity index (χ4v) is 5.99. The molecule has 0 radical (unpaired) electrons. The van der Waals surface area contributed by atoms with E-state index in [1.807, 2.05) is 12.3 Å². The Hall–Kier alpha value is -3.25. The van der Waals surface area contributed by atoms with Crippen molar-refractivity contribution in [3.63, 3.8) is 0 Å². The lowest BCUT2D eigenvalue weighted by Crippen LogP contribution is -2.51. The second kappa shape index (κ2) is 9.56. The molecule has 2 aliphatic heterocycles. The summed E-state index contributed by atoms with van der Waals surface area (Å²) in [4.78, 5) is 29.4. The third kappa shape index (κ3) is 4.21. The highest BCUT2D eigenvalue weighted by molar-refractivity contribution is 7.13. The van der Waals surface area contributed by atoms with Gasteiger partial charge in [-0.2, -0.15) is 5.10 Å². The van der Waals surface area contributed by atoms with Gasteiger partial charge in [-0.1, -0.05) is 11.6 Å².